The van der Waals surface area contributed by atoms with Crippen LogP contribution in [-0.2, 0) is 26.2 Å². The van der Waals surface area contributed by atoms with Gasteiger partial charge < -0.3 is 19.7 Å². The predicted molar refractivity (Wildman–Crippen MR) is 142 cm³/mol. The highest BCUT2D eigenvalue weighted by atomic mass is 35.5. The van der Waals surface area contributed by atoms with Gasteiger partial charge in [-0.25, -0.2) is 8.42 Å². The number of sulfonamides is 1. The van der Waals surface area contributed by atoms with E-state index < -0.39 is 28.5 Å². The zero-order valence-corrected chi connectivity index (χ0v) is 23.2. The zero-order valence-electron chi connectivity index (χ0n) is 20.9. The Hall–Kier alpha value is -2.69. The Balaban J connectivity index is 2.48. The molecule has 2 amide bonds. The standard InChI is InChI=1S/C24H31Cl2N3O6S/c1-6-11-27-24(31)16(2)28(14-17-7-9-19(25)20(26)12-17)23(30)15-29(36(5,32)33)21-13-18(34-3)8-10-22(21)35-4/h7-10,12-13,16H,6,11,14-15H2,1-5H3,(H,27,31). The maximum Gasteiger partial charge on any atom is 0.244 e. The van der Waals surface area contributed by atoms with Crippen LogP contribution in [0.15, 0.2) is 36.4 Å². The second-order valence-corrected chi connectivity index (χ2v) is 10.8. The zero-order chi connectivity index (χ0) is 27.0. The highest BCUT2D eigenvalue weighted by molar-refractivity contribution is 7.92. The molecule has 0 saturated carbocycles. The van der Waals surface area contributed by atoms with Crippen molar-refractivity contribution < 1.29 is 27.5 Å². The van der Waals surface area contributed by atoms with E-state index in [0.29, 0.717) is 27.9 Å². The van der Waals surface area contributed by atoms with Crippen LogP contribution < -0.4 is 19.1 Å². The van der Waals surface area contributed by atoms with Gasteiger partial charge in [-0.2, -0.15) is 0 Å². The van der Waals surface area contributed by atoms with E-state index in [1.54, 1.807) is 37.3 Å². The Morgan fingerprint density at radius 1 is 1.06 bits per heavy atom. The number of methoxy groups -OCH3 is 2. The van der Waals surface area contributed by atoms with E-state index in [4.69, 9.17) is 32.7 Å². The molecule has 36 heavy (non-hydrogen) atoms. The van der Waals surface area contributed by atoms with Crippen LogP contribution in [0.2, 0.25) is 10.0 Å². The smallest absolute Gasteiger partial charge is 0.244 e. The number of nitrogens with one attached hydrogen (secondary N) is 1. The molecule has 198 valence electrons. The Kier molecular flexibility index (Phi) is 10.7. The molecule has 0 radical (unpaired) electrons. The van der Waals surface area contributed by atoms with Crippen molar-refractivity contribution in [3.63, 3.8) is 0 Å². The van der Waals surface area contributed by atoms with Crippen molar-refractivity contribution in [1.82, 2.24) is 10.2 Å². The van der Waals surface area contributed by atoms with Gasteiger partial charge in [-0.1, -0.05) is 36.2 Å². The molecule has 0 aliphatic carbocycles. The molecule has 1 unspecified atom stereocenters. The predicted octanol–water partition coefficient (Wildman–Crippen LogP) is 3.72. The van der Waals surface area contributed by atoms with Gasteiger partial charge >= 0.3 is 0 Å². The van der Waals surface area contributed by atoms with E-state index in [9.17, 15) is 18.0 Å². The summed E-state index contributed by atoms with van der Waals surface area (Å²) in [5.74, 6) is -0.351. The molecule has 0 saturated heterocycles. The molecule has 0 fully saturated rings. The molecule has 1 N–H and O–H groups in total. The topological polar surface area (TPSA) is 105 Å². The van der Waals surface area contributed by atoms with E-state index in [2.05, 4.69) is 5.32 Å². The van der Waals surface area contributed by atoms with Gasteiger partial charge in [-0.15, -0.1) is 0 Å². The fourth-order valence-electron chi connectivity index (χ4n) is 3.40. The maximum atomic E-state index is 13.6. The van der Waals surface area contributed by atoms with E-state index in [0.717, 1.165) is 17.0 Å². The summed E-state index contributed by atoms with van der Waals surface area (Å²) < 4.78 is 37.1. The summed E-state index contributed by atoms with van der Waals surface area (Å²) in [7, 11) is -1.10. The first-order chi connectivity index (χ1) is 16.9. The number of amides is 2. The molecule has 2 rings (SSSR count). The van der Waals surface area contributed by atoms with E-state index >= 15 is 0 Å². The third kappa shape index (κ3) is 7.65. The lowest BCUT2D eigenvalue weighted by molar-refractivity contribution is -0.139. The van der Waals surface area contributed by atoms with Gasteiger partial charge in [0.15, 0.2) is 0 Å². The lowest BCUT2D eigenvalue weighted by Gasteiger charge is -2.32. The molecule has 0 aliphatic rings. The number of benzene rings is 2. The average molecular weight is 561 g/mol. The molecule has 2 aromatic rings. The monoisotopic (exact) mass is 559 g/mol. The first kappa shape index (κ1) is 29.5. The van der Waals surface area contributed by atoms with Gasteiger partial charge in [-0.3, -0.25) is 13.9 Å². The van der Waals surface area contributed by atoms with Gasteiger partial charge in [0, 0.05) is 19.2 Å². The maximum absolute atomic E-state index is 13.6. The molecule has 2 aromatic carbocycles. The van der Waals surface area contributed by atoms with Crippen LogP contribution >= 0.6 is 23.2 Å². The fraction of sp³-hybridized carbons (Fsp3) is 0.417. The van der Waals surface area contributed by atoms with Crippen molar-refractivity contribution >= 4 is 50.7 Å². The third-order valence-electron chi connectivity index (χ3n) is 5.39. The van der Waals surface area contributed by atoms with Crippen molar-refractivity contribution in [3.05, 3.63) is 52.0 Å². The van der Waals surface area contributed by atoms with Gasteiger partial charge in [0.1, 0.15) is 24.1 Å². The van der Waals surface area contributed by atoms with Crippen LogP contribution in [0.5, 0.6) is 11.5 Å². The molecule has 0 bridgehead atoms. The summed E-state index contributed by atoms with van der Waals surface area (Å²) in [5.41, 5.74) is 0.753. The van der Waals surface area contributed by atoms with Crippen molar-refractivity contribution in [2.24, 2.45) is 0 Å². The number of hydrogen-bond donors (Lipinski definition) is 1. The van der Waals surface area contributed by atoms with Crippen LogP contribution in [0, 0.1) is 0 Å². The lowest BCUT2D eigenvalue weighted by Crippen LogP contribution is -2.51. The van der Waals surface area contributed by atoms with Crippen LogP contribution in [0.3, 0.4) is 0 Å². The van der Waals surface area contributed by atoms with Crippen molar-refractivity contribution in [2.45, 2.75) is 32.9 Å². The number of anilines is 1. The number of hydrogen-bond acceptors (Lipinski definition) is 6. The Morgan fingerprint density at radius 3 is 2.31 bits per heavy atom. The number of rotatable bonds is 12. The minimum absolute atomic E-state index is 0.00326. The second kappa shape index (κ2) is 13.0. The lowest BCUT2D eigenvalue weighted by atomic mass is 10.1. The van der Waals surface area contributed by atoms with Gasteiger partial charge in [0.2, 0.25) is 21.8 Å². The van der Waals surface area contributed by atoms with Crippen molar-refractivity contribution in [1.29, 1.82) is 0 Å². The number of carbonyl (C=O) groups is 2. The van der Waals surface area contributed by atoms with Gasteiger partial charge in [-0.05, 0) is 43.2 Å². The fourth-order valence-corrected chi connectivity index (χ4v) is 4.57. The Bertz CT molecular complexity index is 1190. The Morgan fingerprint density at radius 2 is 1.75 bits per heavy atom. The largest absolute Gasteiger partial charge is 0.497 e. The first-order valence-corrected chi connectivity index (χ1v) is 13.7. The van der Waals surface area contributed by atoms with Crippen LogP contribution in [0.4, 0.5) is 5.69 Å². The molecule has 1 atom stereocenters. The van der Waals surface area contributed by atoms with Crippen LogP contribution in [-0.4, -0.2) is 64.7 Å². The molecule has 0 spiro atoms. The molecular weight excluding hydrogens is 529 g/mol. The normalized spacial score (nSPS) is 12.0. The summed E-state index contributed by atoms with van der Waals surface area (Å²) in [4.78, 5) is 27.7. The summed E-state index contributed by atoms with van der Waals surface area (Å²) in [6, 6.07) is 8.60. The first-order valence-electron chi connectivity index (χ1n) is 11.1. The number of nitrogens with zero attached hydrogens (tertiary/aromatic N) is 2. The summed E-state index contributed by atoms with van der Waals surface area (Å²) in [6.45, 7) is 3.36. The molecular formula is C24H31Cl2N3O6S. The van der Waals surface area contributed by atoms with E-state index in [1.165, 1.54) is 25.2 Å². The van der Waals surface area contributed by atoms with Crippen molar-refractivity contribution in [2.75, 3.05) is 37.9 Å². The van der Waals surface area contributed by atoms with Crippen LogP contribution in [0.25, 0.3) is 0 Å². The molecule has 9 nitrogen and oxygen atoms in total. The molecule has 12 heteroatoms. The number of halogens is 2. The van der Waals surface area contributed by atoms with Crippen molar-refractivity contribution in [3.8, 4) is 11.5 Å². The quantitative estimate of drug-likeness (QED) is 0.425. The van der Waals surface area contributed by atoms with Crippen LogP contribution in [0.1, 0.15) is 25.8 Å². The molecule has 0 aliphatic heterocycles. The Labute approximate surface area is 222 Å². The van der Waals surface area contributed by atoms with E-state index in [1.807, 2.05) is 6.92 Å². The third-order valence-corrected chi connectivity index (χ3v) is 7.25. The van der Waals surface area contributed by atoms with Gasteiger partial charge in [0.05, 0.1) is 36.2 Å². The second-order valence-electron chi connectivity index (χ2n) is 8.04. The SMILES string of the molecule is CCCNC(=O)C(C)N(Cc1ccc(Cl)c(Cl)c1)C(=O)CN(c1cc(OC)ccc1OC)S(C)(=O)=O. The molecule has 0 aromatic heterocycles. The number of ether oxygens (including phenoxy) is 2. The highest BCUT2D eigenvalue weighted by Gasteiger charge is 2.31. The average Bonchev–Trinajstić information content (AvgIpc) is 2.84. The minimum Gasteiger partial charge on any atom is -0.497 e. The summed E-state index contributed by atoms with van der Waals surface area (Å²) in [6.07, 6.45) is 1.70. The summed E-state index contributed by atoms with van der Waals surface area (Å²) in [5, 5.41) is 3.42. The highest BCUT2D eigenvalue weighted by Crippen LogP contribution is 2.34. The number of carbonyl (C=O) groups excluding carboxylic acids is 2. The molecule has 0 heterocycles. The minimum atomic E-state index is -3.94. The van der Waals surface area contributed by atoms with E-state index in [-0.39, 0.29) is 23.9 Å². The summed E-state index contributed by atoms with van der Waals surface area (Å²) >= 11 is 12.2. The van der Waals surface area contributed by atoms with Gasteiger partial charge in [0.25, 0.3) is 0 Å².